The molecule has 166 valence electrons. The van der Waals surface area contributed by atoms with Crippen molar-refractivity contribution in [2.45, 2.75) is 0 Å². The highest BCUT2D eigenvalue weighted by Crippen LogP contribution is 2.30. The van der Waals surface area contributed by atoms with Crippen molar-refractivity contribution in [1.29, 1.82) is 0 Å². The minimum atomic E-state index is -0.499. The minimum absolute atomic E-state index is 0.203. The summed E-state index contributed by atoms with van der Waals surface area (Å²) in [7, 11) is 2.89. The summed E-state index contributed by atoms with van der Waals surface area (Å²) in [5.41, 5.74) is 2.25. The van der Waals surface area contributed by atoms with Gasteiger partial charge < -0.3 is 14.5 Å². The van der Waals surface area contributed by atoms with Gasteiger partial charge in [0.1, 0.15) is 5.82 Å². The van der Waals surface area contributed by atoms with Crippen molar-refractivity contribution in [2.75, 3.05) is 24.4 Å². The number of benzene rings is 3. The molecule has 0 aliphatic carbocycles. The number of aromatic nitrogens is 1. The first-order chi connectivity index (χ1) is 16.0. The first-order valence-electron chi connectivity index (χ1n) is 10.0. The number of rotatable bonds is 5. The summed E-state index contributed by atoms with van der Waals surface area (Å²) in [6.45, 7) is 0. The second kappa shape index (κ2) is 9.35. The molecule has 33 heavy (non-hydrogen) atoms. The third kappa shape index (κ3) is 4.59. The van der Waals surface area contributed by atoms with Crippen molar-refractivity contribution in [3.8, 4) is 22.8 Å². The molecule has 1 N–H and O–H groups in total. The molecule has 1 heterocycles. The van der Waals surface area contributed by atoms with Gasteiger partial charge >= 0.3 is 6.09 Å². The van der Waals surface area contributed by atoms with E-state index in [0.29, 0.717) is 22.5 Å². The molecule has 7 nitrogen and oxygen atoms in total. The van der Waals surface area contributed by atoms with Gasteiger partial charge in [-0.3, -0.25) is 9.69 Å². The van der Waals surface area contributed by atoms with Crippen LogP contribution >= 0.6 is 0 Å². The fourth-order valence-electron chi connectivity index (χ4n) is 3.26. The van der Waals surface area contributed by atoms with Crippen LogP contribution in [0, 0.1) is 5.82 Å². The number of nitrogens with one attached hydrogen (secondary N) is 1. The largest absolute Gasteiger partial charge is 0.452 e. The van der Waals surface area contributed by atoms with E-state index in [2.05, 4.69) is 10.3 Å². The maximum absolute atomic E-state index is 14.1. The van der Waals surface area contributed by atoms with Gasteiger partial charge in [-0.2, -0.15) is 0 Å². The number of ether oxygens (including phenoxy) is 1. The Hall–Kier alpha value is -4.46. The van der Waals surface area contributed by atoms with Crippen LogP contribution < -0.4 is 10.2 Å². The zero-order valence-corrected chi connectivity index (χ0v) is 17.9. The molecule has 4 rings (SSSR count). The summed E-state index contributed by atoms with van der Waals surface area (Å²) < 4.78 is 24.6. The van der Waals surface area contributed by atoms with E-state index in [1.165, 1.54) is 24.3 Å². The average molecular weight is 445 g/mol. The monoisotopic (exact) mass is 445 g/mol. The lowest BCUT2D eigenvalue weighted by atomic mass is 10.1. The maximum atomic E-state index is 14.1. The average Bonchev–Trinajstić information content (AvgIpc) is 3.33. The molecule has 0 fully saturated rings. The van der Waals surface area contributed by atoms with Crippen LogP contribution in [0.1, 0.15) is 10.4 Å². The van der Waals surface area contributed by atoms with E-state index in [1.54, 1.807) is 73.8 Å². The standard InChI is InChI=1S/C25H20FN3O4/c1-29(25(31)32-2)17-13-11-16(12-14-17)28-23(30)18-7-3-4-8-19(18)24-27-15-22(33-24)20-9-5-6-10-21(20)26/h3-15H,1-2H3,(H,28,30). The molecule has 0 aliphatic heterocycles. The molecule has 0 radical (unpaired) electrons. The quantitative estimate of drug-likeness (QED) is 0.432. The SMILES string of the molecule is COC(=O)N(C)c1ccc(NC(=O)c2ccccc2-c2ncc(-c3ccccc3F)o2)cc1. The van der Waals surface area contributed by atoms with Gasteiger partial charge in [-0.25, -0.2) is 14.2 Å². The number of amides is 2. The number of methoxy groups -OCH3 is 1. The number of nitrogens with zero attached hydrogens (tertiary/aromatic N) is 2. The minimum Gasteiger partial charge on any atom is -0.452 e. The molecular weight excluding hydrogens is 425 g/mol. The molecule has 1 aromatic heterocycles. The topological polar surface area (TPSA) is 84.7 Å². The van der Waals surface area contributed by atoms with Gasteiger partial charge in [0, 0.05) is 24.0 Å². The van der Waals surface area contributed by atoms with Crippen LogP contribution in [0.25, 0.3) is 22.8 Å². The van der Waals surface area contributed by atoms with E-state index < -0.39 is 11.9 Å². The van der Waals surface area contributed by atoms with Crippen LogP contribution in [0.15, 0.2) is 83.4 Å². The maximum Gasteiger partial charge on any atom is 0.413 e. The Bertz CT molecular complexity index is 1300. The lowest BCUT2D eigenvalue weighted by Gasteiger charge is -2.16. The molecular formula is C25H20FN3O4. The summed E-state index contributed by atoms with van der Waals surface area (Å²) in [6, 6.07) is 19.8. The van der Waals surface area contributed by atoms with Crippen LogP contribution in [-0.2, 0) is 4.74 Å². The summed E-state index contributed by atoms with van der Waals surface area (Å²) >= 11 is 0. The normalized spacial score (nSPS) is 10.5. The molecule has 0 bridgehead atoms. The molecule has 2 amide bonds. The van der Waals surface area contributed by atoms with Crippen molar-refractivity contribution in [2.24, 2.45) is 0 Å². The Morgan fingerprint density at radius 1 is 0.970 bits per heavy atom. The highest BCUT2D eigenvalue weighted by atomic mass is 19.1. The van der Waals surface area contributed by atoms with E-state index in [4.69, 9.17) is 9.15 Å². The number of halogens is 1. The van der Waals surface area contributed by atoms with Crippen molar-refractivity contribution >= 4 is 23.4 Å². The number of carbonyl (C=O) groups excluding carboxylic acids is 2. The van der Waals surface area contributed by atoms with Gasteiger partial charge in [0.05, 0.1) is 24.4 Å². The molecule has 3 aromatic carbocycles. The predicted molar refractivity (Wildman–Crippen MR) is 123 cm³/mol. The van der Waals surface area contributed by atoms with Gasteiger partial charge in [0.2, 0.25) is 5.89 Å². The Balaban J connectivity index is 1.56. The van der Waals surface area contributed by atoms with Crippen LogP contribution in [0.4, 0.5) is 20.6 Å². The fraction of sp³-hybridized carbons (Fsp3) is 0.0800. The first-order valence-corrected chi connectivity index (χ1v) is 10.0. The summed E-state index contributed by atoms with van der Waals surface area (Å²) in [5, 5.41) is 2.82. The highest BCUT2D eigenvalue weighted by Gasteiger charge is 2.18. The smallest absolute Gasteiger partial charge is 0.413 e. The first kappa shape index (κ1) is 21.8. The lowest BCUT2D eigenvalue weighted by molar-refractivity contribution is 0.102. The van der Waals surface area contributed by atoms with Gasteiger partial charge in [-0.05, 0) is 48.5 Å². The van der Waals surface area contributed by atoms with Gasteiger partial charge in [0.15, 0.2) is 5.76 Å². The van der Waals surface area contributed by atoms with Crippen LogP contribution in [0.5, 0.6) is 0 Å². The van der Waals surface area contributed by atoms with Crippen LogP contribution in [0.2, 0.25) is 0 Å². The summed E-state index contributed by atoms with van der Waals surface area (Å²) in [5.74, 6) is -0.324. The molecule has 0 atom stereocenters. The third-order valence-electron chi connectivity index (χ3n) is 5.01. The summed E-state index contributed by atoms with van der Waals surface area (Å²) in [4.78, 5) is 30.2. The Morgan fingerprint density at radius 2 is 1.64 bits per heavy atom. The fourth-order valence-corrected chi connectivity index (χ4v) is 3.26. The van der Waals surface area contributed by atoms with Crippen molar-refractivity contribution in [3.63, 3.8) is 0 Å². The van der Waals surface area contributed by atoms with E-state index in [0.717, 1.165) is 0 Å². The Labute approximate surface area is 189 Å². The predicted octanol–water partition coefficient (Wildman–Crippen LogP) is 5.60. The zero-order valence-electron chi connectivity index (χ0n) is 17.9. The van der Waals surface area contributed by atoms with E-state index in [-0.39, 0.29) is 23.1 Å². The van der Waals surface area contributed by atoms with Crippen LogP contribution in [-0.4, -0.2) is 31.1 Å². The number of anilines is 2. The second-order valence-corrected chi connectivity index (χ2v) is 7.09. The Kier molecular flexibility index (Phi) is 6.17. The molecule has 0 saturated heterocycles. The number of carbonyl (C=O) groups is 2. The Morgan fingerprint density at radius 3 is 2.33 bits per heavy atom. The molecule has 4 aromatic rings. The molecule has 0 unspecified atom stereocenters. The van der Waals surface area contributed by atoms with Gasteiger partial charge in [0.25, 0.3) is 5.91 Å². The summed E-state index contributed by atoms with van der Waals surface area (Å²) in [6.07, 6.45) is 0.931. The zero-order chi connectivity index (χ0) is 23.4. The number of hydrogen-bond donors (Lipinski definition) is 1. The van der Waals surface area contributed by atoms with Gasteiger partial charge in [-0.1, -0.05) is 24.3 Å². The van der Waals surface area contributed by atoms with Gasteiger partial charge in [-0.15, -0.1) is 0 Å². The lowest BCUT2D eigenvalue weighted by Crippen LogP contribution is -2.25. The highest BCUT2D eigenvalue weighted by molar-refractivity contribution is 6.08. The molecule has 8 heteroatoms. The molecule has 0 spiro atoms. The second-order valence-electron chi connectivity index (χ2n) is 7.09. The van der Waals surface area contributed by atoms with Crippen LogP contribution in [0.3, 0.4) is 0 Å². The molecule has 0 aliphatic rings. The van der Waals surface area contributed by atoms with Crippen molar-refractivity contribution in [1.82, 2.24) is 4.98 Å². The van der Waals surface area contributed by atoms with E-state index in [9.17, 15) is 14.0 Å². The van der Waals surface area contributed by atoms with Crippen molar-refractivity contribution < 1.29 is 23.1 Å². The number of hydrogen-bond acceptors (Lipinski definition) is 5. The van der Waals surface area contributed by atoms with E-state index in [1.807, 2.05) is 0 Å². The van der Waals surface area contributed by atoms with E-state index >= 15 is 0 Å². The van der Waals surface area contributed by atoms with Crippen molar-refractivity contribution in [3.05, 3.63) is 90.4 Å². The molecule has 0 saturated carbocycles. The third-order valence-corrected chi connectivity index (χ3v) is 5.01. The number of oxazole rings is 1.